The Morgan fingerprint density at radius 3 is 2.52 bits per heavy atom. The number of carbonyl (C=O) groups is 1. The van der Waals surface area contributed by atoms with Crippen LogP contribution in [0.5, 0.6) is 0 Å². The van der Waals surface area contributed by atoms with Gasteiger partial charge in [-0.05, 0) is 18.2 Å². The Morgan fingerprint density at radius 2 is 1.83 bits per heavy atom. The molecule has 0 aliphatic carbocycles. The molecule has 0 spiro atoms. The average molecular weight is 304 g/mol. The molecule has 2 heterocycles. The zero-order valence-corrected chi connectivity index (χ0v) is 11.9. The number of hydrogen-bond donors (Lipinski definition) is 3. The molecule has 0 saturated heterocycles. The zero-order valence-electron chi connectivity index (χ0n) is 11.9. The number of fused-ring (bicyclic) bond motifs is 1. The highest BCUT2D eigenvalue weighted by Crippen LogP contribution is 2.29. The first-order valence-corrected chi connectivity index (χ1v) is 7.04. The summed E-state index contributed by atoms with van der Waals surface area (Å²) in [6.07, 6.45) is 3.47. The monoisotopic (exact) mass is 304 g/mol. The summed E-state index contributed by atoms with van der Waals surface area (Å²) in [5.74, 6) is 0.473. The third-order valence-corrected chi connectivity index (χ3v) is 3.66. The topological polar surface area (TPSA) is 94.7 Å². The van der Waals surface area contributed by atoms with E-state index in [0.717, 1.165) is 22.5 Å². The van der Waals surface area contributed by atoms with Crippen molar-refractivity contribution in [3.8, 4) is 22.8 Å². The summed E-state index contributed by atoms with van der Waals surface area (Å²) in [5.41, 5.74) is 3.46. The number of nitrogens with one attached hydrogen (secondary N) is 2. The van der Waals surface area contributed by atoms with E-state index in [0.29, 0.717) is 11.3 Å². The number of nitrogens with zero attached hydrogens (tertiary/aromatic N) is 2. The molecule has 112 valence electrons. The minimum Gasteiger partial charge on any atom is -0.478 e. The second kappa shape index (κ2) is 5.10. The van der Waals surface area contributed by atoms with Crippen LogP contribution in [0.2, 0.25) is 0 Å². The van der Waals surface area contributed by atoms with Crippen LogP contribution in [-0.4, -0.2) is 31.0 Å². The van der Waals surface area contributed by atoms with Crippen molar-refractivity contribution in [1.82, 2.24) is 19.9 Å². The van der Waals surface area contributed by atoms with Gasteiger partial charge in [-0.25, -0.2) is 14.8 Å². The number of benzene rings is 2. The van der Waals surface area contributed by atoms with Crippen LogP contribution >= 0.6 is 0 Å². The Balaban J connectivity index is 1.88. The lowest BCUT2D eigenvalue weighted by molar-refractivity contribution is 0.0697. The summed E-state index contributed by atoms with van der Waals surface area (Å²) in [6.45, 7) is 0. The number of aromatic carboxylic acids is 1. The van der Waals surface area contributed by atoms with Crippen molar-refractivity contribution in [2.24, 2.45) is 0 Å². The average Bonchev–Trinajstić information content (AvgIpc) is 3.23. The fourth-order valence-electron chi connectivity index (χ4n) is 2.58. The van der Waals surface area contributed by atoms with Crippen molar-refractivity contribution in [2.75, 3.05) is 0 Å². The quantitative estimate of drug-likeness (QED) is 0.541. The fourth-order valence-corrected chi connectivity index (χ4v) is 2.58. The van der Waals surface area contributed by atoms with E-state index in [-0.39, 0.29) is 5.56 Å². The fraction of sp³-hybridized carbons (Fsp3) is 0. The van der Waals surface area contributed by atoms with Crippen molar-refractivity contribution in [2.45, 2.75) is 0 Å². The molecule has 6 nitrogen and oxygen atoms in total. The predicted molar refractivity (Wildman–Crippen MR) is 86.1 cm³/mol. The molecule has 6 heteroatoms. The number of hydrogen-bond acceptors (Lipinski definition) is 3. The minimum absolute atomic E-state index is 0.229. The molecule has 2 aromatic carbocycles. The van der Waals surface area contributed by atoms with Gasteiger partial charge in [0.05, 0.1) is 16.6 Å². The summed E-state index contributed by atoms with van der Waals surface area (Å²) < 4.78 is 0. The lowest BCUT2D eigenvalue weighted by atomic mass is 10.1. The maximum atomic E-state index is 11.1. The van der Waals surface area contributed by atoms with Gasteiger partial charge in [0.15, 0.2) is 0 Å². The van der Waals surface area contributed by atoms with E-state index >= 15 is 0 Å². The van der Waals surface area contributed by atoms with E-state index in [1.807, 2.05) is 24.3 Å². The first-order valence-electron chi connectivity index (χ1n) is 7.04. The summed E-state index contributed by atoms with van der Waals surface area (Å²) in [6, 6.07) is 12.6. The number of carboxylic acids is 1. The molecular weight excluding hydrogens is 292 g/mol. The SMILES string of the molecule is O=C(O)c1ccc2nc(-c3ccccc3-c3ncc[nH]3)[nH]c2c1. The maximum Gasteiger partial charge on any atom is 0.335 e. The highest BCUT2D eigenvalue weighted by molar-refractivity contribution is 5.93. The maximum absolute atomic E-state index is 11.1. The molecule has 23 heavy (non-hydrogen) atoms. The second-order valence-electron chi connectivity index (χ2n) is 5.11. The largest absolute Gasteiger partial charge is 0.478 e. The van der Waals surface area contributed by atoms with Crippen molar-refractivity contribution in [1.29, 1.82) is 0 Å². The molecule has 0 bridgehead atoms. The van der Waals surface area contributed by atoms with E-state index in [1.54, 1.807) is 30.6 Å². The van der Waals surface area contributed by atoms with Gasteiger partial charge in [-0.1, -0.05) is 24.3 Å². The Kier molecular flexibility index (Phi) is 2.94. The Labute approximate surface area is 130 Å². The molecule has 2 aromatic heterocycles. The van der Waals surface area contributed by atoms with Gasteiger partial charge in [-0.3, -0.25) is 0 Å². The van der Waals surface area contributed by atoms with Crippen LogP contribution in [0.25, 0.3) is 33.8 Å². The lowest BCUT2D eigenvalue weighted by Gasteiger charge is -2.04. The van der Waals surface area contributed by atoms with Gasteiger partial charge in [0.1, 0.15) is 11.6 Å². The Bertz CT molecular complexity index is 1000. The molecule has 0 aliphatic heterocycles. The molecule has 0 fully saturated rings. The highest BCUT2D eigenvalue weighted by Gasteiger charge is 2.13. The molecule has 0 saturated carbocycles. The van der Waals surface area contributed by atoms with Gasteiger partial charge < -0.3 is 15.1 Å². The summed E-state index contributed by atoms with van der Waals surface area (Å²) in [4.78, 5) is 26.2. The van der Waals surface area contributed by atoms with Gasteiger partial charge >= 0.3 is 5.97 Å². The first kappa shape index (κ1) is 13.3. The molecule has 0 aliphatic rings. The van der Waals surface area contributed by atoms with Crippen LogP contribution in [0.3, 0.4) is 0 Å². The van der Waals surface area contributed by atoms with E-state index in [9.17, 15) is 4.79 Å². The number of aromatic amines is 2. The van der Waals surface area contributed by atoms with E-state index in [4.69, 9.17) is 5.11 Å². The van der Waals surface area contributed by atoms with Gasteiger partial charge in [0.2, 0.25) is 0 Å². The molecule has 0 atom stereocenters. The molecule has 0 radical (unpaired) electrons. The minimum atomic E-state index is -0.959. The number of rotatable bonds is 3. The highest BCUT2D eigenvalue weighted by atomic mass is 16.4. The molecule has 0 unspecified atom stereocenters. The van der Waals surface area contributed by atoms with Gasteiger partial charge in [-0.15, -0.1) is 0 Å². The molecule has 3 N–H and O–H groups in total. The van der Waals surface area contributed by atoms with Crippen LogP contribution in [-0.2, 0) is 0 Å². The zero-order chi connectivity index (χ0) is 15.8. The van der Waals surface area contributed by atoms with Gasteiger partial charge in [-0.2, -0.15) is 0 Å². The number of H-pyrrole nitrogens is 2. The van der Waals surface area contributed by atoms with Crippen molar-refractivity contribution < 1.29 is 9.90 Å². The van der Waals surface area contributed by atoms with Crippen molar-refractivity contribution >= 4 is 17.0 Å². The normalized spacial score (nSPS) is 11.0. The van der Waals surface area contributed by atoms with E-state index in [1.165, 1.54) is 0 Å². The molecule has 0 amide bonds. The predicted octanol–water partition coefficient (Wildman–Crippen LogP) is 3.32. The number of aromatic nitrogens is 4. The van der Waals surface area contributed by atoms with Crippen LogP contribution in [0.1, 0.15) is 10.4 Å². The summed E-state index contributed by atoms with van der Waals surface area (Å²) >= 11 is 0. The first-order chi connectivity index (χ1) is 11.2. The molecule has 4 rings (SSSR count). The summed E-state index contributed by atoms with van der Waals surface area (Å²) in [5, 5.41) is 9.09. The van der Waals surface area contributed by atoms with Crippen molar-refractivity contribution in [3.05, 3.63) is 60.4 Å². The standard InChI is InChI=1S/C17H12N4O2/c22-17(23)10-5-6-13-14(9-10)21-16(20-13)12-4-2-1-3-11(12)15-18-7-8-19-15/h1-9H,(H,18,19)(H,20,21)(H,22,23). The number of imidazole rings is 2. The van der Waals surface area contributed by atoms with Gasteiger partial charge in [0, 0.05) is 23.5 Å². The van der Waals surface area contributed by atoms with Gasteiger partial charge in [0.25, 0.3) is 0 Å². The van der Waals surface area contributed by atoms with Crippen molar-refractivity contribution in [3.63, 3.8) is 0 Å². The van der Waals surface area contributed by atoms with Crippen LogP contribution < -0.4 is 0 Å². The van der Waals surface area contributed by atoms with Crippen LogP contribution in [0.15, 0.2) is 54.9 Å². The Hall–Kier alpha value is -3.41. The third kappa shape index (κ3) is 2.26. The third-order valence-electron chi connectivity index (χ3n) is 3.66. The summed E-state index contributed by atoms with van der Waals surface area (Å²) in [7, 11) is 0. The molecular formula is C17H12N4O2. The van der Waals surface area contributed by atoms with Crippen LogP contribution in [0, 0.1) is 0 Å². The van der Waals surface area contributed by atoms with E-state index < -0.39 is 5.97 Å². The van der Waals surface area contributed by atoms with E-state index in [2.05, 4.69) is 19.9 Å². The molecule has 4 aromatic rings. The number of carboxylic acid groups (broad SMARTS) is 1. The Morgan fingerprint density at radius 1 is 1.04 bits per heavy atom. The second-order valence-corrected chi connectivity index (χ2v) is 5.11. The smallest absolute Gasteiger partial charge is 0.335 e. The van der Waals surface area contributed by atoms with Crippen LogP contribution in [0.4, 0.5) is 0 Å². The lowest BCUT2D eigenvalue weighted by Crippen LogP contribution is -1.94.